The average molecular weight is 215 g/mol. The van der Waals surface area contributed by atoms with Crippen LogP contribution in [0.25, 0.3) is 0 Å². The van der Waals surface area contributed by atoms with Gasteiger partial charge in [-0.05, 0) is 20.4 Å². The molecule has 4 heteroatoms. The summed E-state index contributed by atoms with van der Waals surface area (Å²) >= 11 is 0. The van der Waals surface area contributed by atoms with E-state index in [0.29, 0.717) is 5.54 Å². The zero-order valence-corrected chi connectivity index (χ0v) is 9.73. The van der Waals surface area contributed by atoms with Crippen molar-refractivity contribution >= 4 is 24.8 Å². The Kier molecular flexibility index (Phi) is 7.54. The Labute approximate surface area is 87.9 Å². The van der Waals surface area contributed by atoms with Crippen molar-refractivity contribution < 1.29 is 0 Å². The monoisotopic (exact) mass is 214 g/mol. The Balaban J connectivity index is 0. The average Bonchev–Trinajstić information content (AvgIpc) is 1.87. The van der Waals surface area contributed by atoms with Gasteiger partial charge >= 0.3 is 0 Å². The van der Waals surface area contributed by atoms with Crippen LogP contribution in [0.2, 0.25) is 0 Å². The van der Waals surface area contributed by atoms with Crippen LogP contribution in [0.15, 0.2) is 0 Å². The van der Waals surface area contributed by atoms with Crippen molar-refractivity contribution in [1.82, 2.24) is 10.2 Å². The fourth-order valence-electron chi connectivity index (χ4n) is 1.61. The van der Waals surface area contributed by atoms with Crippen LogP contribution in [-0.2, 0) is 0 Å². The lowest BCUT2D eigenvalue weighted by molar-refractivity contribution is 0.0974. The molecule has 0 atom stereocenters. The molecule has 1 aliphatic rings. The van der Waals surface area contributed by atoms with E-state index in [-0.39, 0.29) is 24.8 Å². The van der Waals surface area contributed by atoms with Crippen molar-refractivity contribution in [2.45, 2.75) is 26.3 Å². The van der Waals surface area contributed by atoms with Crippen LogP contribution in [-0.4, -0.2) is 36.6 Å². The van der Waals surface area contributed by atoms with Crippen molar-refractivity contribution in [1.29, 1.82) is 0 Å². The van der Waals surface area contributed by atoms with E-state index in [1.54, 1.807) is 0 Å². The summed E-state index contributed by atoms with van der Waals surface area (Å²) in [5.74, 6) is 0. The SMILES string of the molecule is CCN1CCNCC1(C)C.Cl.Cl. The van der Waals surface area contributed by atoms with Gasteiger partial charge < -0.3 is 5.32 Å². The second kappa shape index (κ2) is 6.03. The van der Waals surface area contributed by atoms with Gasteiger partial charge in [0, 0.05) is 25.2 Å². The maximum atomic E-state index is 3.40. The number of nitrogens with zero attached hydrogens (tertiary/aromatic N) is 1. The van der Waals surface area contributed by atoms with Gasteiger partial charge in [-0.1, -0.05) is 6.92 Å². The smallest absolute Gasteiger partial charge is 0.0278 e. The lowest BCUT2D eigenvalue weighted by Crippen LogP contribution is -2.57. The maximum Gasteiger partial charge on any atom is 0.0278 e. The summed E-state index contributed by atoms with van der Waals surface area (Å²) in [5.41, 5.74) is 0.368. The summed E-state index contributed by atoms with van der Waals surface area (Å²) in [7, 11) is 0. The van der Waals surface area contributed by atoms with Crippen LogP contribution in [0.3, 0.4) is 0 Å². The molecule has 0 radical (unpaired) electrons. The summed E-state index contributed by atoms with van der Waals surface area (Å²) in [4.78, 5) is 2.52. The molecule has 0 unspecified atom stereocenters. The summed E-state index contributed by atoms with van der Waals surface area (Å²) in [6, 6.07) is 0. The highest BCUT2D eigenvalue weighted by atomic mass is 35.5. The number of halogens is 2. The van der Waals surface area contributed by atoms with E-state index in [0.717, 1.165) is 13.1 Å². The second-order valence-electron chi connectivity index (χ2n) is 3.57. The molecular weight excluding hydrogens is 195 g/mol. The first-order chi connectivity index (χ1) is 4.67. The van der Waals surface area contributed by atoms with Gasteiger partial charge in [0.2, 0.25) is 0 Å². The molecule has 0 saturated carbocycles. The largest absolute Gasteiger partial charge is 0.314 e. The van der Waals surface area contributed by atoms with Crippen LogP contribution in [0, 0.1) is 0 Å². The van der Waals surface area contributed by atoms with Crippen molar-refractivity contribution in [2.75, 3.05) is 26.2 Å². The van der Waals surface area contributed by atoms with Gasteiger partial charge in [-0.15, -0.1) is 24.8 Å². The molecule has 1 rings (SSSR count). The van der Waals surface area contributed by atoms with E-state index < -0.39 is 0 Å². The molecule has 0 aliphatic carbocycles. The number of hydrogen-bond acceptors (Lipinski definition) is 2. The van der Waals surface area contributed by atoms with Crippen LogP contribution < -0.4 is 5.32 Å². The maximum absolute atomic E-state index is 3.40. The van der Waals surface area contributed by atoms with E-state index in [4.69, 9.17) is 0 Å². The molecule has 1 N–H and O–H groups in total. The first kappa shape index (κ1) is 15.0. The third kappa shape index (κ3) is 3.48. The third-order valence-corrected chi connectivity index (χ3v) is 2.35. The minimum absolute atomic E-state index is 0. The van der Waals surface area contributed by atoms with Crippen LogP contribution in [0.4, 0.5) is 0 Å². The minimum Gasteiger partial charge on any atom is -0.314 e. The summed E-state index contributed by atoms with van der Waals surface area (Å²) in [5, 5.41) is 3.40. The first-order valence-electron chi connectivity index (χ1n) is 4.12. The molecule has 1 heterocycles. The number of likely N-dealkylation sites (N-methyl/N-ethyl adjacent to an activating group) is 1. The molecule has 12 heavy (non-hydrogen) atoms. The van der Waals surface area contributed by atoms with Gasteiger partial charge in [-0.2, -0.15) is 0 Å². The van der Waals surface area contributed by atoms with Gasteiger partial charge in [0.15, 0.2) is 0 Å². The molecule has 1 aliphatic heterocycles. The summed E-state index contributed by atoms with van der Waals surface area (Å²) in [6.45, 7) is 11.5. The standard InChI is InChI=1S/C8H18N2.2ClH/c1-4-10-6-5-9-7-8(10,2)3;;/h9H,4-7H2,1-3H3;2*1H. The van der Waals surface area contributed by atoms with E-state index >= 15 is 0 Å². The van der Waals surface area contributed by atoms with Gasteiger partial charge in [-0.3, -0.25) is 4.90 Å². The Morgan fingerprint density at radius 3 is 2.25 bits per heavy atom. The molecule has 0 aromatic heterocycles. The molecule has 76 valence electrons. The lowest BCUT2D eigenvalue weighted by atomic mass is 10.0. The van der Waals surface area contributed by atoms with Crippen molar-refractivity contribution in [3.8, 4) is 0 Å². The number of piperazine rings is 1. The van der Waals surface area contributed by atoms with Crippen LogP contribution in [0.1, 0.15) is 20.8 Å². The van der Waals surface area contributed by atoms with E-state index in [2.05, 4.69) is 31.0 Å². The van der Waals surface area contributed by atoms with Crippen LogP contribution >= 0.6 is 24.8 Å². The van der Waals surface area contributed by atoms with Gasteiger partial charge in [0.05, 0.1) is 0 Å². The van der Waals surface area contributed by atoms with Gasteiger partial charge in [-0.25, -0.2) is 0 Å². The van der Waals surface area contributed by atoms with E-state index in [1.807, 2.05) is 0 Å². The molecule has 1 fully saturated rings. The van der Waals surface area contributed by atoms with E-state index in [9.17, 15) is 0 Å². The predicted molar refractivity (Wildman–Crippen MR) is 58.7 cm³/mol. The lowest BCUT2D eigenvalue weighted by Gasteiger charge is -2.42. The second-order valence-corrected chi connectivity index (χ2v) is 3.57. The molecule has 0 aromatic rings. The Bertz CT molecular complexity index is 118. The number of nitrogens with one attached hydrogen (secondary N) is 1. The Morgan fingerprint density at radius 1 is 1.33 bits per heavy atom. The van der Waals surface area contributed by atoms with Crippen molar-refractivity contribution in [2.24, 2.45) is 0 Å². The van der Waals surface area contributed by atoms with E-state index in [1.165, 1.54) is 13.1 Å². The molecule has 0 bridgehead atoms. The highest BCUT2D eigenvalue weighted by molar-refractivity contribution is 5.85. The Hall–Kier alpha value is 0.500. The molecule has 0 amide bonds. The highest BCUT2D eigenvalue weighted by Gasteiger charge is 2.27. The van der Waals surface area contributed by atoms with Crippen molar-refractivity contribution in [3.63, 3.8) is 0 Å². The first-order valence-corrected chi connectivity index (χ1v) is 4.12. The Morgan fingerprint density at radius 2 is 1.92 bits per heavy atom. The predicted octanol–water partition coefficient (Wildman–Crippen LogP) is 1.53. The summed E-state index contributed by atoms with van der Waals surface area (Å²) < 4.78 is 0. The van der Waals surface area contributed by atoms with Gasteiger partial charge in [0.25, 0.3) is 0 Å². The zero-order chi connectivity index (χ0) is 7.61. The quantitative estimate of drug-likeness (QED) is 0.713. The molecule has 2 nitrogen and oxygen atoms in total. The minimum atomic E-state index is 0. The number of hydrogen-bond donors (Lipinski definition) is 1. The molecule has 0 spiro atoms. The highest BCUT2D eigenvalue weighted by Crippen LogP contribution is 2.14. The fraction of sp³-hybridized carbons (Fsp3) is 1.00. The molecule has 1 saturated heterocycles. The fourth-order valence-corrected chi connectivity index (χ4v) is 1.61. The zero-order valence-electron chi connectivity index (χ0n) is 8.09. The number of rotatable bonds is 1. The van der Waals surface area contributed by atoms with Crippen molar-refractivity contribution in [3.05, 3.63) is 0 Å². The van der Waals surface area contributed by atoms with Crippen LogP contribution in [0.5, 0.6) is 0 Å². The summed E-state index contributed by atoms with van der Waals surface area (Å²) in [6.07, 6.45) is 0. The topological polar surface area (TPSA) is 15.3 Å². The molecular formula is C8H20Cl2N2. The normalized spacial score (nSPS) is 22.2. The van der Waals surface area contributed by atoms with Gasteiger partial charge in [0.1, 0.15) is 0 Å². The molecule has 0 aromatic carbocycles. The third-order valence-electron chi connectivity index (χ3n) is 2.35.